The van der Waals surface area contributed by atoms with Crippen LogP contribution in [0.3, 0.4) is 0 Å². The number of fused-ring (bicyclic) bond motifs is 6. The maximum Gasteiger partial charge on any atom is 0.133 e. The second-order valence-corrected chi connectivity index (χ2v) is 5.92. The quantitative estimate of drug-likeness (QED) is 0.812. The highest BCUT2D eigenvalue weighted by Crippen LogP contribution is 2.59. The Morgan fingerprint density at radius 1 is 1.00 bits per heavy atom. The molecule has 6 heteroatoms. The molecule has 4 atom stereocenters. The summed E-state index contributed by atoms with van der Waals surface area (Å²) in [4.78, 5) is 1.77. The highest BCUT2D eigenvalue weighted by Gasteiger charge is 2.66. The summed E-state index contributed by atoms with van der Waals surface area (Å²) < 4.78 is 11.2. The summed E-state index contributed by atoms with van der Waals surface area (Å²) in [7, 11) is 0. The Bertz CT molecular complexity index is 651. The van der Waals surface area contributed by atoms with E-state index in [9.17, 15) is 0 Å². The van der Waals surface area contributed by atoms with Crippen LogP contribution in [-0.4, -0.2) is 27.2 Å². The highest BCUT2D eigenvalue weighted by molar-refractivity contribution is 6.30. The first kappa shape index (κ1) is 11.3. The van der Waals surface area contributed by atoms with Gasteiger partial charge < -0.3 is 9.47 Å². The van der Waals surface area contributed by atoms with Crippen LogP contribution in [0.1, 0.15) is 29.2 Å². The molecule has 0 unspecified atom stereocenters. The first-order chi connectivity index (χ1) is 9.79. The monoisotopic (exact) mass is 289 g/mol. The Kier molecular flexibility index (Phi) is 2.15. The average molecular weight is 290 g/mol. The minimum atomic E-state index is 0.123. The molecule has 20 heavy (non-hydrogen) atoms. The molecule has 0 bridgehead atoms. The van der Waals surface area contributed by atoms with Crippen LogP contribution in [0.25, 0.3) is 0 Å². The highest BCUT2D eigenvalue weighted by atomic mass is 35.5. The second kappa shape index (κ2) is 3.81. The van der Waals surface area contributed by atoms with E-state index in [1.165, 1.54) is 5.56 Å². The van der Waals surface area contributed by atoms with Crippen molar-refractivity contribution in [1.29, 1.82) is 0 Å². The third-order valence-electron chi connectivity index (χ3n) is 4.14. The summed E-state index contributed by atoms with van der Waals surface area (Å²) in [5, 5.41) is 9.87. The van der Waals surface area contributed by atoms with Gasteiger partial charge in [-0.05, 0) is 24.1 Å². The molecule has 0 saturated carbocycles. The Hall–Kier alpha value is -1.43. The number of hydrogen-bond acceptors (Lipinski definition) is 4. The predicted octanol–water partition coefficient (Wildman–Crippen LogP) is 2.07. The number of ether oxygens (including phenoxy) is 2. The zero-order valence-corrected chi connectivity index (χ0v) is 11.3. The molecule has 2 saturated heterocycles. The lowest BCUT2D eigenvalue weighted by molar-refractivity contribution is 0.303. The van der Waals surface area contributed by atoms with Gasteiger partial charge in [-0.15, -0.1) is 0 Å². The molecule has 3 aliphatic rings. The molecule has 2 fully saturated rings. The topological polar surface area (TPSA) is 55.8 Å². The maximum atomic E-state index is 5.88. The van der Waals surface area contributed by atoms with E-state index >= 15 is 0 Å². The number of rotatable bonds is 3. The van der Waals surface area contributed by atoms with Crippen LogP contribution in [0.2, 0.25) is 5.02 Å². The van der Waals surface area contributed by atoms with E-state index in [1.807, 2.05) is 24.3 Å². The van der Waals surface area contributed by atoms with Gasteiger partial charge in [0.05, 0.1) is 6.54 Å². The first-order valence-electron chi connectivity index (χ1n) is 6.80. The lowest BCUT2D eigenvalue weighted by Gasteiger charge is -2.01. The molecule has 0 amide bonds. The van der Waals surface area contributed by atoms with Gasteiger partial charge in [0.25, 0.3) is 0 Å². The second-order valence-electron chi connectivity index (χ2n) is 5.49. The van der Waals surface area contributed by atoms with E-state index in [-0.39, 0.29) is 24.4 Å². The summed E-state index contributed by atoms with van der Waals surface area (Å²) in [5.74, 6) is 0. The molecule has 5 rings (SSSR count). The Labute approximate surface area is 120 Å². The smallest absolute Gasteiger partial charge is 0.133 e. The van der Waals surface area contributed by atoms with Gasteiger partial charge in [-0.3, -0.25) is 0 Å². The molecule has 5 nitrogen and oxygen atoms in total. The molecule has 2 aliphatic heterocycles. The van der Waals surface area contributed by atoms with Gasteiger partial charge in [0.1, 0.15) is 35.8 Å². The van der Waals surface area contributed by atoms with Crippen molar-refractivity contribution in [2.45, 2.75) is 37.4 Å². The van der Waals surface area contributed by atoms with E-state index in [0.29, 0.717) is 0 Å². The van der Waals surface area contributed by atoms with E-state index < -0.39 is 0 Å². The zero-order chi connectivity index (χ0) is 13.3. The SMILES string of the molecule is Clc1ccc(CCn2nc3c(n2)[C@@H]2O[C@@H]2[C@H]2O[C@@H]32)cc1. The molecule has 0 N–H and O–H groups in total. The summed E-state index contributed by atoms with van der Waals surface area (Å²) in [5.41, 5.74) is 3.18. The maximum absolute atomic E-state index is 5.88. The number of benzene rings is 1. The number of aryl methyl sites for hydroxylation is 2. The fourth-order valence-electron chi connectivity index (χ4n) is 2.95. The van der Waals surface area contributed by atoms with Crippen molar-refractivity contribution in [3.63, 3.8) is 0 Å². The molecule has 1 aromatic heterocycles. The number of epoxide rings is 2. The van der Waals surface area contributed by atoms with Crippen molar-refractivity contribution in [1.82, 2.24) is 15.0 Å². The molecular weight excluding hydrogens is 278 g/mol. The first-order valence-corrected chi connectivity index (χ1v) is 7.18. The number of hydrogen-bond donors (Lipinski definition) is 0. The molecule has 0 spiro atoms. The zero-order valence-electron chi connectivity index (χ0n) is 10.6. The summed E-state index contributed by atoms with van der Waals surface area (Å²) >= 11 is 5.88. The van der Waals surface area contributed by atoms with Crippen LogP contribution in [-0.2, 0) is 22.4 Å². The summed E-state index contributed by atoms with van der Waals surface area (Å²) in [6.07, 6.45) is 1.59. The van der Waals surface area contributed by atoms with Crippen molar-refractivity contribution in [2.24, 2.45) is 0 Å². The van der Waals surface area contributed by atoms with Gasteiger partial charge in [-0.25, -0.2) is 0 Å². The van der Waals surface area contributed by atoms with Crippen LogP contribution >= 0.6 is 11.6 Å². The van der Waals surface area contributed by atoms with Crippen LogP contribution in [0, 0.1) is 0 Å². The Balaban J connectivity index is 1.35. The van der Waals surface area contributed by atoms with E-state index in [0.717, 1.165) is 29.4 Å². The third kappa shape index (κ3) is 1.63. The lowest BCUT2D eigenvalue weighted by Crippen LogP contribution is -2.07. The van der Waals surface area contributed by atoms with E-state index in [2.05, 4.69) is 10.2 Å². The van der Waals surface area contributed by atoms with Gasteiger partial charge in [-0.1, -0.05) is 23.7 Å². The van der Waals surface area contributed by atoms with E-state index in [1.54, 1.807) is 4.80 Å². The van der Waals surface area contributed by atoms with Crippen molar-refractivity contribution >= 4 is 11.6 Å². The van der Waals surface area contributed by atoms with Crippen LogP contribution in [0.4, 0.5) is 0 Å². The molecule has 2 aromatic rings. The van der Waals surface area contributed by atoms with Gasteiger partial charge in [0.2, 0.25) is 0 Å². The van der Waals surface area contributed by atoms with Gasteiger partial charge in [-0.2, -0.15) is 15.0 Å². The fraction of sp³-hybridized carbons (Fsp3) is 0.429. The molecule has 0 radical (unpaired) electrons. The van der Waals surface area contributed by atoms with Crippen LogP contribution in [0.15, 0.2) is 24.3 Å². The average Bonchev–Trinajstić information content (AvgIpc) is 3.35. The predicted molar refractivity (Wildman–Crippen MR) is 70.4 cm³/mol. The third-order valence-corrected chi connectivity index (χ3v) is 4.39. The standard InChI is InChI=1S/C14H12ClN3O2/c15-8-3-1-7(2-4-8)5-6-18-16-9-10(17-18)12-14(20-12)13-11(9)19-13/h1-4,11-14H,5-6H2/t11-,12-,13-,14-/m0/s1. The summed E-state index contributed by atoms with van der Waals surface area (Å²) in [6, 6.07) is 7.88. The largest absolute Gasteiger partial charge is 0.360 e. The minimum absolute atomic E-state index is 0.123. The number of aromatic nitrogens is 3. The van der Waals surface area contributed by atoms with Crippen LogP contribution in [0.5, 0.6) is 0 Å². The molecule has 1 aliphatic carbocycles. The fourth-order valence-corrected chi connectivity index (χ4v) is 3.07. The Morgan fingerprint density at radius 3 is 2.20 bits per heavy atom. The molecular formula is C14H12ClN3O2. The summed E-state index contributed by atoms with van der Waals surface area (Å²) in [6.45, 7) is 0.753. The number of halogens is 1. The minimum Gasteiger partial charge on any atom is -0.360 e. The van der Waals surface area contributed by atoms with Crippen molar-refractivity contribution in [3.05, 3.63) is 46.2 Å². The Morgan fingerprint density at radius 2 is 1.60 bits per heavy atom. The van der Waals surface area contributed by atoms with Crippen molar-refractivity contribution < 1.29 is 9.47 Å². The van der Waals surface area contributed by atoms with Gasteiger partial charge >= 0.3 is 0 Å². The molecule has 3 heterocycles. The van der Waals surface area contributed by atoms with Crippen LogP contribution < -0.4 is 0 Å². The van der Waals surface area contributed by atoms with Gasteiger partial charge in [0.15, 0.2) is 0 Å². The van der Waals surface area contributed by atoms with Gasteiger partial charge in [0, 0.05) is 5.02 Å². The molecule has 102 valence electrons. The number of nitrogens with zero attached hydrogens (tertiary/aromatic N) is 3. The van der Waals surface area contributed by atoms with Crippen molar-refractivity contribution in [2.75, 3.05) is 0 Å². The lowest BCUT2D eigenvalue weighted by atomic mass is 10.0. The van der Waals surface area contributed by atoms with E-state index in [4.69, 9.17) is 21.1 Å². The normalized spacial score (nSPS) is 32.2. The van der Waals surface area contributed by atoms with Crippen molar-refractivity contribution in [3.8, 4) is 0 Å². The molecule has 1 aromatic carbocycles.